The zero-order chi connectivity index (χ0) is 26.9. The average Bonchev–Trinajstić information content (AvgIpc) is 2.79. The second kappa shape index (κ2) is 13.2. The zero-order valence-electron chi connectivity index (χ0n) is 21.5. The van der Waals surface area contributed by atoms with Crippen molar-refractivity contribution in [2.75, 3.05) is 13.2 Å². The smallest absolute Gasteiger partial charge is 0.407 e. The number of nitrogens with one attached hydrogen (secondary N) is 2. The third-order valence-electron chi connectivity index (χ3n) is 5.23. The number of esters is 1. The lowest BCUT2D eigenvalue weighted by atomic mass is 10.1. The Morgan fingerprint density at radius 3 is 2.53 bits per heavy atom. The van der Waals surface area contributed by atoms with Crippen molar-refractivity contribution in [2.45, 2.75) is 83.3 Å². The van der Waals surface area contributed by atoms with Crippen molar-refractivity contribution >= 4 is 44.5 Å². The molecule has 0 aliphatic carbocycles. The van der Waals surface area contributed by atoms with Crippen molar-refractivity contribution in [3.8, 4) is 0 Å². The second-order valence-corrected chi connectivity index (χ2v) is 11.6. The molecular weight excluding hydrogens is 506 g/mol. The maximum absolute atomic E-state index is 13.2. The zero-order valence-corrected chi connectivity index (χ0v) is 23.1. The first-order valence-corrected chi connectivity index (χ1v) is 13.9. The molecule has 0 aliphatic rings. The predicted octanol–water partition coefficient (Wildman–Crippen LogP) is 4.88. The number of ether oxygens (including phenoxy) is 2. The molecule has 1 aromatic carbocycles. The number of halogens is 1. The summed E-state index contributed by atoms with van der Waals surface area (Å²) >= 11 is 6.19. The number of carbonyl (C=O) groups excluding carboxylic acids is 2. The van der Waals surface area contributed by atoms with Crippen LogP contribution in [0.2, 0.25) is 5.15 Å². The van der Waals surface area contributed by atoms with Crippen LogP contribution in [0.15, 0.2) is 29.3 Å². The first kappa shape index (κ1) is 29.8. The molecule has 0 spiro atoms. The van der Waals surface area contributed by atoms with Gasteiger partial charge in [-0.2, -0.15) is 4.72 Å². The minimum absolute atomic E-state index is 0.0257. The molecule has 200 valence electrons. The maximum atomic E-state index is 13.2. The van der Waals surface area contributed by atoms with Gasteiger partial charge >= 0.3 is 12.1 Å². The Bertz CT molecular complexity index is 1160. The average molecular weight is 542 g/mol. The Morgan fingerprint density at radius 2 is 1.86 bits per heavy atom. The van der Waals surface area contributed by atoms with E-state index >= 15 is 0 Å². The summed E-state index contributed by atoms with van der Waals surface area (Å²) in [7, 11) is -4.06. The van der Waals surface area contributed by atoms with Gasteiger partial charge in [-0.05, 0) is 76.5 Å². The fourth-order valence-electron chi connectivity index (χ4n) is 3.37. The highest BCUT2D eigenvalue weighted by atomic mass is 35.5. The van der Waals surface area contributed by atoms with Crippen molar-refractivity contribution in [2.24, 2.45) is 0 Å². The summed E-state index contributed by atoms with van der Waals surface area (Å²) in [5, 5.41) is 4.15. The normalized spacial score (nSPS) is 12.8. The lowest BCUT2D eigenvalue weighted by molar-refractivity contribution is -0.146. The number of amides is 1. The Labute approximate surface area is 218 Å². The minimum atomic E-state index is -4.06. The van der Waals surface area contributed by atoms with Gasteiger partial charge in [0.25, 0.3) is 0 Å². The third-order valence-corrected chi connectivity index (χ3v) is 7.00. The molecule has 0 saturated heterocycles. The number of hydrogen-bond acceptors (Lipinski definition) is 7. The molecule has 0 aliphatic heterocycles. The number of pyridine rings is 1. The topological polar surface area (TPSA) is 124 Å². The molecule has 1 unspecified atom stereocenters. The number of benzene rings is 1. The molecule has 1 atom stereocenters. The number of nitrogens with zero attached hydrogens (tertiary/aromatic N) is 1. The summed E-state index contributed by atoms with van der Waals surface area (Å²) in [4.78, 5) is 28.5. The Morgan fingerprint density at radius 1 is 1.14 bits per heavy atom. The lowest BCUT2D eigenvalue weighted by Gasteiger charge is -2.20. The van der Waals surface area contributed by atoms with Gasteiger partial charge in [0.05, 0.1) is 11.5 Å². The van der Waals surface area contributed by atoms with Gasteiger partial charge in [-0.3, -0.25) is 4.79 Å². The minimum Gasteiger partial charge on any atom is -0.465 e. The molecular formula is C25H36ClN3O6S. The van der Waals surface area contributed by atoms with Crippen molar-refractivity contribution in [1.82, 2.24) is 15.0 Å². The summed E-state index contributed by atoms with van der Waals surface area (Å²) in [6, 6.07) is 3.52. The van der Waals surface area contributed by atoms with Crippen LogP contribution in [0.25, 0.3) is 10.8 Å². The Kier molecular flexibility index (Phi) is 10.9. The monoisotopic (exact) mass is 541 g/mol. The van der Waals surface area contributed by atoms with Crippen LogP contribution >= 0.6 is 11.6 Å². The maximum Gasteiger partial charge on any atom is 0.407 e. The number of alkyl carbamates (subject to hydrolysis) is 1. The molecule has 0 fully saturated rings. The third kappa shape index (κ3) is 9.22. The quantitative estimate of drug-likeness (QED) is 0.223. The van der Waals surface area contributed by atoms with Crippen LogP contribution < -0.4 is 10.0 Å². The number of unbranched alkanes of at least 4 members (excludes halogenated alkanes) is 2. The van der Waals surface area contributed by atoms with Crippen molar-refractivity contribution in [3.63, 3.8) is 0 Å². The molecule has 2 N–H and O–H groups in total. The summed E-state index contributed by atoms with van der Waals surface area (Å²) in [6.45, 7) is 9.68. The van der Waals surface area contributed by atoms with Gasteiger partial charge < -0.3 is 14.8 Å². The molecule has 11 heteroatoms. The first-order valence-electron chi connectivity index (χ1n) is 12.0. The largest absolute Gasteiger partial charge is 0.465 e. The Balaban J connectivity index is 2.09. The molecule has 2 rings (SSSR count). The molecule has 2 aromatic rings. The van der Waals surface area contributed by atoms with Gasteiger partial charge in [0, 0.05) is 18.1 Å². The van der Waals surface area contributed by atoms with Crippen molar-refractivity contribution in [3.05, 3.63) is 35.1 Å². The summed E-state index contributed by atoms with van der Waals surface area (Å²) in [5.74, 6) is -0.636. The molecule has 0 bridgehead atoms. The molecule has 0 saturated carbocycles. The SMILES string of the molecule is CCCCOC(=O)C(CCCCNC(=O)OC(C)(C)C)NS(=O)(=O)c1ccc2c(C)cnc(Cl)c2c1. The second-order valence-electron chi connectivity index (χ2n) is 9.56. The highest BCUT2D eigenvalue weighted by molar-refractivity contribution is 7.89. The van der Waals surface area contributed by atoms with Gasteiger partial charge in [-0.15, -0.1) is 0 Å². The summed E-state index contributed by atoms with van der Waals surface area (Å²) in [6.07, 6.45) is 3.81. The van der Waals surface area contributed by atoms with E-state index in [0.29, 0.717) is 31.2 Å². The van der Waals surface area contributed by atoms with Crippen LogP contribution in [-0.4, -0.2) is 50.3 Å². The molecule has 1 aromatic heterocycles. The molecule has 36 heavy (non-hydrogen) atoms. The highest BCUT2D eigenvalue weighted by Gasteiger charge is 2.27. The van der Waals surface area contributed by atoms with E-state index in [-0.39, 0.29) is 23.1 Å². The lowest BCUT2D eigenvalue weighted by Crippen LogP contribution is -2.42. The summed E-state index contributed by atoms with van der Waals surface area (Å²) < 4.78 is 39.3. The van der Waals surface area contributed by atoms with E-state index < -0.39 is 33.7 Å². The number of rotatable bonds is 12. The standard InChI is InChI=1S/C25H36ClN3O6S/c1-6-7-14-34-23(30)21(10-8-9-13-27-24(31)35-25(3,4)5)29-36(32,33)18-11-12-19-17(2)16-28-22(26)20(19)15-18/h11-12,15-16,21,29H,6-10,13-14H2,1-5H3,(H,27,31). The fourth-order valence-corrected chi connectivity index (χ4v) is 4.82. The predicted molar refractivity (Wildman–Crippen MR) is 140 cm³/mol. The van der Waals surface area contributed by atoms with Crippen LogP contribution in [0.3, 0.4) is 0 Å². The fraction of sp³-hybridized carbons (Fsp3) is 0.560. The van der Waals surface area contributed by atoms with Crippen LogP contribution in [0.1, 0.15) is 65.4 Å². The van der Waals surface area contributed by atoms with Gasteiger partial charge in [0.2, 0.25) is 10.0 Å². The van der Waals surface area contributed by atoms with Gasteiger partial charge in [0.15, 0.2) is 0 Å². The van der Waals surface area contributed by atoms with Crippen LogP contribution in [-0.2, 0) is 24.3 Å². The van der Waals surface area contributed by atoms with Crippen LogP contribution in [0.4, 0.5) is 4.79 Å². The molecule has 9 nitrogen and oxygen atoms in total. The van der Waals surface area contributed by atoms with E-state index in [9.17, 15) is 18.0 Å². The molecule has 1 amide bonds. The summed E-state index contributed by atoms with van der Waals surface area (Å²) in [5.41, 5.74) is 0.265. The highest BCUT2D eigenvalue weighted by Crippen LogP contribution is 2.27. The van der Waals surface area contributed by atoms with E-state index in [2.05, 4.69) is 15.0 Å². The number of aryl methyl sites for hydroxylation is 1. The van der Waals surface area contributed by atoms with Gasteiger partial charge in [-0.1, -0.05) is 31.0 Å². The van der Waals surface area contributed by atoms with Gasteiger partial charge in [-0.25, -0.2) is 18.2 Å². The van der Waals surface area contributed by atoms with E-state index in [0.717, 1.165) is 17.4 Å². The van der Waals surface area contributed by atoms with E-state index in [1.54, 1.807) is 33.0 Å². The van der Waals surface area contributed by atoms with Crippen molar-refractivity contribution in [1.29, 1.82) is 0 Å². The number of hydrogen-bond donors (Lipinski definition) is 2. The Hall–Kier alpha value is -2.43. The number of fused-ring (bicyclic) bond motifs is 1. The molecule has 1 heterocycles. The first-order chi connectivity index (χ1) is 16.8. The van der Waals surface area contributed by atoms with Crippen molar-refractivity contribution < 1.29 is 27.5 Å². The molecule has 0 radical (unpaired) electrons. The van der Waals surface area contributed by atoms with E-state index in [1.165, 1.54) is 12.1 Å². The number of aromatic nitrogens is 1. The van der Waals surface area contributed by atoms with E-state index in [4.69, 9.17) is 21.1 Å². The number of sulfonamides is 1. The van der Waals surface area contributed by atoms with Gasteiger partial charge in [0.1, 0.15) is 16.8 Å². The van der Waals surface area contributed by atoms with Crippen LogP contribution in [0.5, 0.6) is 0 Å². The number of carbonyl (C=O) groups is 2. The van der Waals surface area contributed by atoms with Crippen LogP contribution in [0, 0.1) is 6.92 Å². The van der Waals surface area contributed by atoms with E-state index in [1.807, 2.05) is 13.8 Å².